The van der Waals surface area contributed by atoms with Crippen molar-refractivity contribution < 1.29 is 34.8 Å². The van der Waals surface area contributed by atoms with Crippen molar-refractivity contribution in [3.05, 3.63) is 58.1 Å². The summed E-state index contributed by atoms with van der Waals surface area (Å²) in [5.41, 5.74) is 3.47. The number of anilines is 1. The van der Waals surface area contributed by atoms with Crippen LogP contribution in [-0.2, 0) is 22.4 Å². The van der Waals surface area contributed by atoms with Gasteiger partial charge in [0, 0.05) is 36.8 Å². The van der Waals surface area contributed by atoms with Gasteiger partial charge in [-0.2, -0.15) is 0 Å². The lowest BCUT2D eigenvalue weighted by atomic mass is 9.58. The van der Waals surface area contributed by atoms with E-state index in [1.165, 1.54) is 4.90 Å². The molecule has 3 aliphatic carbocycles. The van der Waals surface area contributed by atoms with Crippen molar-refractivity contribution in [1.29, 1.82) is 0 Å². The minimum absolute atomic E-state index is 0.00108. The van der Waals surface area contributed by atoms with Gasteiger partial charge in [-0.1, -0.05) is 6.08 Å². The number of Topliss-reactive ketones (excluding diaryl/α,β-unsaturated/α-hetero) is 2. The normalized spacial score (nSPS) is 27.6. The Bertz CT molecular complexity index is 1280. The molecule has 0 aromatic heterocycles. The highest BCUT2D eigenvalue weighted by Gasteiger charge is 2.63. The number of aromatic hydroxyl groups is 1. The van der Waals surface area contributed by atoms with Crippen LogP contribution >= 0.6 is 0 Å². The van der Waals surface area contributed by atoms with Gasteiger partial charge in [0.05, 0.1) is 11.6 Å². The highest BCUT2D eigenvalue weighted by Crippen LogP contribution is 2.53. The molecule has 3 aliphatic rings. The van der Waals surface area contributed by atoms with Gasteiger partial charge in [0.1, 0.15) is 22.8 Å². The molecule has 192 valence electrons. The predicted octanol–water partition coefficient (Wildman–Crippen LogP) is 0.915. The van der Waals surface area contributed by atoms with Crippen LogP contribution < -0.4 is 10.6 Å². The van der Waals surface area contributed by atoms with E-state index in [9.17, 15) is 34.8 Å². The lowest BCUT2D eigenvalue weighted by molar-refractivity contribution is -0.148. The van der Waals surface area contributed by atoms with Gasteiger partial charge in [0.2, 0.25) is 5.78 Å². The molecule has 4 rings (SSSR count). The summed E-state index contributed by atoms with van der Waals surface area (Å²) >= 11 is 0. The molecule has 1 aromatic carbocycles. The number of hydrogen-bond donors (Lipinski definition) is 5. The van der Waals surface area contributed by atoms with E-state index in [0.717, 1.165) is 5.69 Å². The third kappa shape index (κ3) is 3.28. The molecule has 1 aromatic rings. The quantitative estimate of drug-likeness (QED) is 0.294. The highest BCUT2D eigenvalue weighted by molar-refractivity contribution is 6.24. The summed E-state index contributed by atoms with van der Waals surface area (Å²) in [6.07, 6.45) is 2.18. The van der Waals surface area contributed by atoms with Crippen LogP contribution in [-0.4, -0.2) is 82.6 Å². The number of aliphatic hydroxyl groups excluding tert-OH is 2. The van der Waals surface area contributed by atoms with Gasteiger partial charge in [-0.3, -0.25) is 19.3 Å². The predicted molar refractivity (Wildman–Crippen MR) is 132 cm³/mol. The first-order valence-corrected chi connectivity index (χ1v) is 11.6. The molecule has 0 unspecified atom stereocenters. The van der Waals surface area contributed by atoms with Crippen molar-refractivity contribution in [3.8, 4) is 5.75 Å². The number of aliphatic hydroxyl groups is 3. The van der Waals surface area contributed by atoms with E-state index in [1.807, 2.05) is 19.0 Å². The summed E-state index contributed by atoms with van der Waals surface area (Å²) < 4.78 is 0. The number of fused-ring (bicyclic) bond motifs is 3. The number of nitrogens with two attached hydrogens (primary N) is 1. The van der Waals surface area contributed by atoms with E-state index in [4.69, 9.17) is 5.73 Å². The number of phenolic OH excluding ortho intramolecular Hbond substituents is 1. The van der Waals surface area contributed by atoms with E-state index in [1.54, 1.807) is 26.2 Å². The second kappa shape index (κ2) is 8.49. The Labute approximate surface area is 208 Å². The van der Waals surface area contributed by atoms with Crippen LogP contribution in [0.15, 0.2) is 41.4 Å². The summed E-state index contributed by atoms with van der Waals surface area (Å²) in [5, 5.41) is 44.8. The molecule has 0 saturated carbocycles. The first kappa shape index (κ1) is 25.5. The molecular weight excluding hydrogens is 466 g/mol. The zero-order valence-corrected chi connectivity index (χ0v) is 20.7. The fraction of sp³-hybridized carbons (Fsp3) is 0.423. The number of phenols is 1. The van der Waals surface area contributed by atoms with Crippen molar-refractivity contribution in [1.82, 2.24) is 4.90 Å². The van der Waals surface area contributed by atoms with Crippen LogP contribution in [0.3, 0.4) is 0 Å². The van der Waals surface area contributed by atoms with Crippen LogP contribution in [0.4, 0.5) is 5.69 Å². The molecule has 10 heteroatoms. The molecule has 10 nitrogen and oxygen atoms in total. The van der Waals surface area contributed by atoms with Gasteiger partial charge >= 0.3 is 0 Å². The van der Waals surface area contributed by atoms with Gasteiger partial charge in [-0.15, -0.1) is 6.58 Å². The molecule has 0 saturated heterocycles. The summed E-state index contributed by atoms with van der Waals surface area (Å²) in [4.78, 5) is 42.6. The Kier molecular flexibility index (Phi) is 6.01. The molecule has 0 bridgehead atoms. The zero-order valence-electron chi connectivity index (χ0n) is 20.7. The highest BCUT2D eigenvalue weighted by atomic mass is 16.3. The molecule has 4 atom stereocenters. The number of hydrogen-bond acceptors (Lipinski definition) is 9. The number of benzene rings is 1. The van der Waals surface area contributed by atoms with Crippen molar-refractivity contribution in [2.75, 3.05) is 33.1 Å². The second-order valence-electron chi connectivity index (χ2n) is 10.1. The number of amides is 1. The maximum Gasteiger partial charge on any atom is 0.255 e. The number of primary amides is 1. The van der Waals surface area contributed by atoms with Crippen molar-refractivity contribution in [3.63, 3.8) is 0 Å². The number of carbonyl (C=O) groups is 3. The summed E-state index contributed by atoms with van der Waals surface area (Å²) in [5.74, 6) is -6.58. The molecule has 6 N–H and O–H groups in total. The Morgan fingerprint density at radius 3 is 2.39 bits per heavy atom. The SMILES string of the molecule is C=CCc1cc(N(C)C)c2c(c1O)C(=O)C1=C(O)[C@]3(O)C(=O)C(C(N)=O)=C(O)[C@@H](N(C)C)[C@@H]3C[C@@H]1C2. The third-order valence-corrected chi connectivity index (χ3v) is 7.62. The number of carbonyl (C=O) groups excluding carboxylic acids is 3. The molecule has 0 heterocycles. The maximum absolute atomic E-state index is 13.8. The minimum Gasteiger partial charge on any atom is -0.510 e. The van der Waals surface area contributed by atoms with E-state index in [-0.39, 0.29) is 29.7 Å². The van der Waals surface area contributed by atoms with Crippen LogP contribution in [0, 0.1) is 11.8 Å². The molecule has 0 spiro atoms. The summed E-state index contributed by atoms with van der Waals surface area (Å²) in [7, 11) is 6.81. The largest absolute Gasteiger partial charge is 0.510 e. The van der Waals surface area contributed by atoms with Gasteiger partial charge < -0.3 is 31.1 Å². The van der Waals surface area contributed by atoms with Crippen LogP contribution in [0.5, 0.6) is 5.75 Å². The molecule has 1 amide bonds. The molecule has 0 aliphatic heterocycles. The lowest BCUT2D eigenvalue weighted by Gasteiger charge is -2.50. The molecular formula is C26H31N3O7. The fourth-order valence-corrected chi connectivity index (χ4v) is 6.06. The Hall–Kier alpha value is -3.63. The fourth-order valence-electron chi connectivity index (χ4n) is 6.06. The van der Waals surface area contributed by atoms with Gasteiger partial charge in [0.25, 0.3) is 5.91 Å². The number of nitrogens with zero attached hydrogens (tertiary/aromatic N) is 2. The topological polar surface area (TPSA) is 165 Å². The first-order valence-electron chi connectivity index (χ1n) is 11.6. The summed E-state index contributed by atoms with van der Waals surface area (Å²) in [6.45, 7) is 3.70. The Morgan fingerprint density at radius 1 is 1.22 bits per heavy atom. The monoisotopic (exact) mass is 497 g/mol. The number of allylic oxidation sites excluding steroid dienone is 2. The average Bonchev–Trinajstić information content (AvgIpc) is 2.77. The van der Waals surface area contributed by atoms with Crippen molar-refractivity contribution in [2.45, 2.75) is 30.9 Å². The van der Waals surface area contributed by atoms with E-state index < -0.39 is 58.0 Å². The van der Waals surface area contributed by atoms with E-state index in [0.29, 0.717) is 17.5 Å². The lowest BCUT2D eigenvalue weighted by Crippen LogP contribution is -2.63. The third-order valence-electron chi connectivity index (χ3n) is 7.62. The minimum atomic E-state index is -2.65. The first-order chi connectivity index (χ1) is 16.8. The van der Waals surface area contributed by atoms with Crippen LogP contribution in [0.25, 0.3) is 0 Å². The smallest absolute Gasteiger partial charge is 0.255 e. The van der Waals surface area contributed by atoms with Gasteiger partial charge in [0.15, 0.2) is 11.4 Å². The number of ketones is 2. The summed E-state index contributed by atoms with van der Waals surface area (Å²) in [6, 6.07) is 0.768. The van der Waals surface area contributed by atoms with Crippen molar-refractivity contribution in [2.24, 2.45) is 17.6 Å². The van der Waals surface area contributed by atoms with E-state index in [2.05, 4.69) is 6.58 Å². The zero-order chi connectivity index (χ0) is 26.9. The molecule has 0 radical (unpaired) electrons. The van der Waals surface area contributed by atoms with Crippen LogP contribution in [0.2, 0.25) is 0 Å². The average molecular weight is 498 g/mol. The number of rotatable bonds is 5. The van der Waals surface area contributed by atoms with E-state index >= 15 is 0 Å². The van der Waals surface area contributed by atoms with Gasteiger partial charge in [-0.05, 0) is 50.9 Å². The Balaban J connectivity index is 1.99. The maximum atomic E-state index is 13.8. The van der Waals surface area contributed by atoms with Crippen molar-refractivity contribution >= 4 is 23.2 Å². The van der Waals surface area contributed by atoms with Crippen LogP contribution in [0.1, 0.15) is 27.9 Å². The number of likely N-dealkylation sites (N-methyl/N-ethyl adjacent to an activating group) is 1. The van der Waals surface area contributed by atoms with Gasteiger partial charge in [-0.25, -0.2) is 0 Å². The molecule has 0 fully saturated rings. The standard InChI is InChI=1S/C26H31N3O7/c1-6-7-11-10-15(28(2)3)13-8-12-9-14-19(29(4)5)22(32)18(25(27)35)24(34)26(14,36)23(33)16(12)21(31)17(13)20(11)30/h6,10,12,14,19,30,32-33,36H,1,7-9H2,2-5H3,(H2,27,35)/t12-,14-,19-,26-/m0/s1. The second-order valence-corrected chi connectivity index (χ2v) is 10.1. The molecule has 36 heavy (non-hydrogen) atoms. The Morgan fingerprint density at radius 2 is 1.86 bits per heavy atom.